The van der Waals surface area contributed by atoms with Crippen molar-refractivity contribution in [2.75, 3.05) is 0 Å². The van der Waals surface area contributed by atoms with Gasteiger partial charge in [0.1, 0.15) is 23.9 Å². The van der Waals surface area contributed by atoms with Gasteiger partial charge in [0.15, 0.2) is 0 Å². The molecule has 1 heterocycles. The minimum atomic E-state index is -0.256. The van der Waals surface area contributed by atoms with E-state index in [0.717, 1.165) is 22.6 Å². The predicted octanol–water partition coefficient (Wildman–Crippen LogP) is 4.94. The molecule has 2 aromatic carbocycles. The maximum atomic E-state index is 12.9. The molecule has 0 radical (unpaired) electrons. The molecular formula is C19H17ClFNO2. The molecule has 0 spiro atoms. The summed E-state index contributed by atoms with van der Waals surface area (Å²) in [6.07, 6.45) is 1.65. The largest absolute Gasteiger partial charge is 0.489 e. The van der Waals surface area contributed by atoms with Gasteiger partial charge in [0.05, 0.1) is 12.8 Å². The third kappa shape index (κ3) is 4.60. The Bertz CT molecular complexity index is 773. The van der Waals surface area contributed by atoms with Gasteiger partial charge in [0.25, 0.3) is 0 Å². The molecule has 0 aliphatic rings. The Balaban J connectivity index is 1.62. The van der Waals surface area contributed by atoms with E-state index in [9.17, 15) is 4.39 Å². The topological polar surface area (TPSA) is 34.4 Å². The number of nitrogens with one attached hydrogen (secondary N) is 1. The van der Waals surface area contributed by atoms with E-state index in [0.29, 0.717) is 24.7 Å². The SMILES string of the molecule is Fc1ccc(COc2ccc(Cl)cc2CNCc2ccco2)cc1. The van der Waals surface area contributed by atoms with Crippen LogP contribution in [-0.4, -0.2) is 0 Å². The Morgan fingerprint density at radius 1 is 1.04 bits per heavy atom. The van der Waals surface area contributed by atoms with Crippen LogP contribution in [0.1, 0.15) is 16.9 Å². The average Bonchev–Trinajstić information content (AvgIpc) is 3.09. The van der Waals surface area contributed by atoms with E-state index in [-0.39, 0.29) is 5.82 Å². The first-order valence-corrected chi connectivity index (χ1v) is 7.97. The normalized spacial score (nSPS) is 10.8. The van der Waals surface area contributed by atoms with Crippen molar-refractivity contribution in [3.63, 3.8) is 0 Å². The summed E-state index contributed by atoms with van der Waals surface area (Å²) in [7, 11) is 0. The van der Waals surface area contributed by atoms with Crippen LogP contribution in [0.4, 0.5) is 4.39 Å². The minimum Gasteiger partial charge on any atom is -0.489 e. The number of hydrogen-bond acceptors (Lipinski definition) is 3. The van der Waals surface area contributed by atoms with Crippen LogP contribution in [0.2, 0.25) is 5.02 Å². The van der Waals surface area contributed by atoms with Crippen molar-refractivity contribution < 1.29 is 13.5 Å². The van der Waals surface area contributed by atoms with E-state index in [1.807, 2.05) is 24.3 Å². The maximum absolute atomic E-state index is 12.9. The monoisotopic (exact) mass is 345 g/mol. The van der Waals surface area contributed by atoms with Crippen molar-refractivity contribution in [3.05, 3.63) is 88.6 Å². The summed E-state index contributed by atoms with van der Waals surface area (Å²) >= 11 is 6.09. The van der Waals surface area contributed by atoms with E-state index in [2.05, 4.69) is 5.32 Å². The van der Waals surface area contributed by atoms with Crippen LogP contribution in [0.5, 0.6) is 5.75 Å². The number of furan rings is 1. The lowest BCUT2D eigenvalue weighted by molar-refractivity contribution is 0.301. The zero-order chi connectivity index (χ0) is 16.8. The zero-order valence-corrected chi connectivity index (χ0v) is 13.7. The molecule has 0 bridgehead atoms. The van der Waals surface area contributed by atoms with E-state index >= 15 is 0 Å². The average molecular weight is 346 g/mol. The molecule has 3 rings (SSSR count). The number of hydrogen-bond donors (Lipinski definition) is 1. The molecule has 0 fully saturated rings. The summed E-state index contributed by atoms with van der Waals surface area (Å²) in [5.74, 6) is 1.36. The van der Waals surface area contributed by atoms with Gasteiger partial charge in [0.2, 0.25) is 0 Å². The van der Waals surface area contributed by atoms with E-state index in [1.54, 1.807) is 24.5 Å². The summed E-state index contributed by atoms with van der Waals surface area (Å²) in [5.41, 5.74) is 1.86. The van der Waals surface area contributed by atoms with Gasteiger partial charge >= 0.3 is 0 Å². The molecule has 24 heavy (non-hydrogen) atoms. The highest BCUT2D eigenvalue weighted by Crippen LogP contribution is 2.24. The lowest BCUT2D eigenvalue weighted by Crippen LogP contribution is -2.13. The van der Waals surface area contributed by atoms with Gasteiger partial charge in [-0.1, -0.05) is 23.7 Å². The van der Waals surface area contributed by atoms with Gasteiger partial charge in [0, 0.05) is 17.1 Å². The molecule has 1 aromatic heterocycles. The fourth-order valence-electron chi connectivity index (χ4n) is 2.30. The standard InChI is InChI=1S/C19H17ClFNO2/c20-16-5-8-19(24-13-14-3-6-17(21)7-4-14)15(10-16)11-22-12-18-2-1-9-23-18/h1-10,22H,11-13H2. The van der Waals surface area contributed by atoms with Crippen LogP contribution in [0.25, 0.3) is 0 Å². The van der Waals surface area contributed by atoms with Gasteiger partial charge in [-0.25, -0.2) is 4.39 Å². The van der Waals surface area contributed by atoms with E-state index in [1.165, 1.54) is 12.1 Å². The minimum absolute atomic E-state index is 0.256. The molecule has 0 aliphatic heterocycles. The molecule has 0 atom stereocenters. The first-order chi connectivity index (χ1) is 11.7. The molecule has 5 heteroatoms. The molecule has 124 valence electrons. The van der Waals surface area contributed by atoms with Crippen molar-refractivity contribution in [1.82, 2.24) is 5.32 Å². The Labute approximate surface area is 145 Å². The highest BCUT2D eigenvalue weighted by Gasteiger charge is 2.06. The zero-order valence-electron chi connectivity index (χ0n) is 13.0. The molecule has 0 saturated heterocycles. The van der Waals surface area contributed by atoms with E-state index in [4.69, 9.17) is 20.8 Å². The van der Waals surface area contributed by atoms with Crippen molar-refractivity contribution in [2.24, 2.45) is 0 Å². The Hall–Kier alpha value is -2.30. The second-order valence-electron chi connectivity index (χ2n) is 5.35. The highest BCUT2D eigenvalue weighted by molar-refractivity contribution is 6.30. The molecule has 3 aromatic rings. The number of rotatable bonds is 7. The van der Waals surface area contributed by atoms with Crippen LogP contribution >= 0.6 is 11.6 Å². The van der Waals surface area contributed by atoms with E-state index < -0.39 is 0 Å². The molecular weight excluding hydrogens is 329 g/mol. The van der Waals surface area contributed by atoms with Crippen LogP contribution in [0.15, 0.2) is 65.3 Å². The van der Waals surface area contributed by atoms with Crippen molar-refractivity contribution in [3.8, 4) is 5.75 Å². The number of benzene rings is 2. The van der Waals surface area contributed by atoms with Crippen molar-refractivity contribution in [2.45, 2.75) is 19.7 Å². The summed E-state index contributed by atoms with van der Waals surface area (Å²) in [5, 5.41) is 3.95. The van der Waals surface area contributed by atoms with Gasteiger partial charge in [-0.2, -0.15) is 0 Å². The molecule has 3 nitrogen and oxygen atoms in total. The van der Waals surface area contributed by atoms with Crippen molar-refractivity contribution in [1.29, 1.82) is 0 Å². The quantitative estimate of drug-likeness (QED) is 0.658. The fraction of sp³-hybridized carbons (Fsp3) is 0.158. The summed E-state index contributed by atoms with van der Waals surface area (Å²) < 4.78 is 24.1. The van der Waals surface area contributed by atoms with Crippen LogP contribution in [0.3, 0.4) is 0 Å². The summed E-state index contributed by atoms with van der Waals surface area (Å²) in [4.78, 5) is 0. The third-order valence-electron chi connectivity index (χ3n) is 3.52. The number of ether oxygens (including phenoxy) is 1. The Morgan fingerprint density at radius 2 is 1.88 bits per heavy atom. The maximum Gasteiger partial charge on any atom is 0.124 e. The lowest BCUT2D eigenvalue weighted by atomic mass is 10.2. The first-order valence-electron chi connectivity index (χ1n) is 7.59. The van der Waals surface area contributed by atoms with Gasteiger partial charge in [-0.05, 0) is 48.0 Å². The number of halogens is 2. The first kappa shape index (κ1) is 16.6. The Kier molecular flexibility index (Phi) is 5.51. The van der Waals surface area contributed by atoms with Gasteiger partial charge < -0.3 is 14.5 Å². The fourth-order valence-corrected chi connectivity index (χ4v) is 2.50. The highest BCUT2D eigenvalue weighted by atomic mass is 35.5. The second-order valence-corrected chi connectivity index (χ2v) is 5.79. The smallest absolute Gasteiger partial charge is 0.124 e. The van der Waals surface area contributed by atoms with Gasteiger partial charge in [-0.15, -0.1) is 0 Å². The lowest BCUT2D eigenvalue weighted by Gasteiger charge is -2.13. The summed E-state index contributed by atoms with van der Waals surface area (Å²) in [6, 6.07) is 15.5. The Morgan fingerprint density at radius 3 is 2.62 bits per heavy atom. The molecule has 0 amide bonds. The molecule has 0 aliphatic carbocycles. The third-order valence-corrected chi connectivity index (χ3v) is 3.76. The molecule has 0 unspecified atom stereocenters. The second kappa shape index (κ2) is 7.99. The molecule has 1 N–H and O–H groups in total. The van der Waals surface area contributed by atoms with Crippen LogP contribution < -0.4 is 10.1 Å². The van der Waals surface area contributed by atoms with Crippen molar-refractivity contribution >= 4 is 11.6 Å². The molecule has 0 saturated carbocycles. The van der Waals surface area contributed by atoms with Crippen LogP contribution in [-0.2, 0) is 19.7 Å². The van der Waals surface area contributed by atoms with Gasteiger partial charge in [-0.3, -0.25) is 0 Å². The van der Waals surface area contributed by atoms with Crippen LogP contribution in [0, 0.1) is 5.82 Å². The predicted molar refractivity (Wildman–Crippen MR) is 91.4 cm³/mol. The summed E-state index contributed by atoms with van der Waals surface area (Å²) in [6.45, 7) is 1.59.